The molecule has 1 atom stereocenters. The van der Waals surface area contributed by atoms with Crippen LogP contribution in [-0.2, 0) is 0 Å². The van der Waals surface area contributed by atoms with Crippen LogP contribution in [0.1, 0.15) is 24.4 Å². The quantitative estimate of drug-likeness (QED) is 0.757. The molecule has 0 heterocycles. The second-order valence-electron chi connectivity index (χ2n) is 2.91. The average molecular weight is 211 g/mol. The zero-order valence-corrected chi connectivity index (χ0v) is 9.65. The SMILES string of the molecule is CCC([Si])c1cccc(Cl)c1NC. The number of anilines is 1. The van der Waals surface area contributed by atoms with Gasteiger partial charge in [-0.1, -0.05) is 37.1 Å². The summed E-state index contributed by atoms with van der Waals surface area (Å²) in [5.41, 5.74) is 2.60. The van der Waals surface area contributed by atoms with Gasteiger partial charge in [0, 0.05) is 17.3 Å². The average Bonchev–Trinajstić information content (AvgIpc) is 2.16. The monoisotopic (exact) mass is 210 g/mol. The Morgan fingerprint density at radius 2 is 2.23 bits per heavy atom. The van der Waals surface area contributed by atoms with Crippen molar-refractivity contribution in [2.24, 2.45) is 0 Å². The Morgan fingerprint density at radius 3 is 2.77 bits per heavy atom. The highest BCUT2D eigenvalue weighted by atomic mass is 35.5. The highest BCUT2D eigenvalue weighted by Crippen LogP contribution is 2.30. The molecule has 3 radical (unpaired) electrons. The van der Waals surface area contributed by atoms with Crippen molar-refractivity contribution in [1.29, 1.82) is 0 Å². The van der Waals surface area contributed by atoms with Crippen LogP contribution in [0.25, 0.3) is 0 Å². The number of hydrogen-bond donors (Lipinski definition) is 1. The van der Waals surface area contributed by atoms with Crippen molar-refractivity contribution in [1.82, 2.24) is 0 Å². The van der Waals surface area contributed by atoms with Gasteiger partial charge in [0.15, 0.2) is 0 Å². The molecule has 69 valence electrons. The minimum Gasteiger partial charge on any atom is -0.387 e. The summed E-state index contributed by atoms with van der Waals surface area (Å²) in [6, 6.07) is 5.95. The molecule has 0 aliphatic heterocycles. The third-order valence-corrected chi connectivity index (χ3v) is 3.11. The van der Waals surface area contributed by atoms with Crippen LogP contribution in [0.15, 0.2) is 18.2 Å². The van der Waals surface area contributed by atoms with Gasteiger partial charge in [-0.3, -0.25) is 0 Å². The Labute approximate surface area is 87.9 Å². The van der Waals surface area contributed by atoms with Gasteiger partial charge >= 0.3 is 0 Å². The first kappa shape index (κ1) is 10.6. The molecule has 1 N–H and O–H groups in total. The Bertz CT molecular complexity index is 288. The first-order valence-corrected chi connectivity index (χ1v) is 5.33. The molecule has 0 amide bonds. The molecule has 1 aromatic carbocycles. The summed E-state index contributed by atoms with van der Waals surface area (Å²) in [6.45, 7) is 2.14. The molecule has 0 saturated carbocycles. The van der Waals surface area contributed by atoms with E-state index in [9.17, 15) is 0 Å². The van der Waals surface area contributed by atoms with Crippen LogP contribution in [0, 0.1) is 0 Å². The van der Waals surface area contributed by atoms with Gasteiger partial charge in [-0.25, -0.2) is 0 Å². The van der Waals surface area contributed by atoms with Crippen molar-refractivity contribution >= 4 is 27.5 Å². The van der Waals surface area contributed by atoms with E-state index in [1.807, 2.05) is 19.2 Å². The van der Waals surface area contributed by atoms with Gasteiger partial charge in [0.05, 0.1) is 10.7 Å². The second kappa shape index (κ2) is 4.68. The fourth-order valence-corrected chi connectivity index (χ4v) is 1.83. The number of nitrogens with one attached hydrogen (secondary N) is 1. The number of hydrogen-bond acceptors (Lipinski definition) is 1. The molecular formula is C10H13ClNSi. The Balaban J connectivity index is 3.12. The van der Waals surface area contributed by atoms with Crippen molar-refractivity contribution in [3.05, 3.63) is 28.8 Å². The van der Waals surface area contributed by atoms with Crippen molar-refractivity contribution in [3.8, 4) is 0 Å². The maximum Gasteiger partial charge on any atom is 0.0640 e. The summed E-state index contributed by atoms with van der Waals surface area (Å²) in [5.74, 6) is 0. The van der Waals surface area contributed by atoms with Crippen LogP contribution in [0.2, 0.25) is 5.02 Å². The molecule has 1 unspecified atom stereocenters. The zero-order chi connectivity index (χ0) is 9.84. The Morgan fingerprint density at radius 1 is 1.54 bits per heavy atom. The smallest absolute Gasteiger partial charge is 0.0640 e. The fraction of sp³-hybridized carbons (Fsp3) is 0.400. The highest BCUT2D eigenvalue weighted by Gasteiger charge is 2.10. The van der Waals surface area contributed by atoms with E-state index in [1.54, 1.807) is 0 Å². The first-order chi connectivity index (χ1) is 6.20. The first-order valence-electron chi connectivity index (χ1n) is 4.38. The van der Waals surface area contributed by atoms with Crippen molar-refractivity contribution in [2.45, 2.75) is 18.9 Å². The summed E-state index contributed by atoms with van der Waals surface area (Å²) in [5, 5.41) is 3.89. The molecule has 0 saturated heterocycles. The van der Waals surface area contributed by atoms with Gasteiger partial charge in [-0.15, -0.1) is 0 Å². The van der Waals surface area contributed by atoms with E-state index in [4.69, 9.17) is 11.6 Å². The summed E-state index contributed by atoms with van der Waals surface area (Å²) in [6.07, 6.45) is 1.05. The van der Waals surface area contributed by atoms with E-state index < -0.39 is 0 Å². The molecule has 1 nitrogen and oxygen atoms in total. The van der Waals surface area contributed by atoms with Crippen molar-refractivity contribution in [3.63, 3.8) is 0 Å². The minimum atomic E-state index is 0.362. The largest absolute Gasteiger partial charge is 0.387 e. The van der Waals surface area contributed by atoms with Crippen molar-refractivity contribution in [2.75, 3.05) is 12.4 Å². The molecule has 0 aliphatic rings. The molecule has 0 fully saturated rings. The number of benzene rings is 1. The van der Waals surface area contributed by atoms with Crippen LogP contribution < -0.4 is 5.32 Å². The maximum absolute atomic E-state index is 6.05. The van der Waals surface area contributed by atoms with Gasteiger partial charge in [-0.05, 0) is 17.2 Å². The molecule has 0 aliphatic carbocycles. The lowest BCUT2D eigenvalue weighted by atomic mass is 10.1. The van der Waals surface area contributed by atoms with Crippen LogP contribution in [0.5, 0.6) is 0 Å². The second-order valence-corrected chi connectivity index (χ2v) is 4.02. The van der Waals surface area contributed by atoms with Gasteiger partial charge < -0.3 is 5.32 Å². The standard InChI is InChI=1S/C10H13ClNSi/c1-3-9(13)7-5-4-6-8(11)10(7)12-2/h4-6,9,12H,3H2,1-2H3. The van der Waals surface area contributed by atoms with Crippen LogP contribution in [0.4, 0.5) is 5.69 Å². The predicted octanol–water partition coefficient (Wildman–Crippen LogP) is 3.00. The van der Waals surface area contributed by atoms with E-state index in [0.29, 0.717) is 5.54 Å². The van der Waals surface area contributed by atoms with E-state index in [-0.39, 0.29) is 0 Å². The third kappa shape index (κ3) is 2.26. The highest BCUT2D eigenvalue weighted by molar-refractivity contribution is 6.33. The van der Waals surface area contributed by atoms with Gasteiger partial charge in [-0.2, -0.15) is 0 Å². The summed E-state index contributed by atoms with van der Waals surface area (Å²) in [7, 11) is 5.55. The van der Waals surface area contributed by atoms with Crippen LogP contribution >= 0.6 is 11.6 Å². The van der Waals surface area contributed by atoms with Gasteiger partial charge in [0.25, 0.3) is 0 Å². The molecule has 0 bridgehead atoms. The number of para-hydroxylation sites is 1. The van der Waals surface area contributed by atoms with Crippen LogP contribution in [-0.4, -0.2) is 17.3 Å². The molecule has 3 heteroatoms. The Kier molecular flexibility index (Phi) is 3.82. The lowest BCUT2D eigenvalue weighted by Gasteiger charge is -2.15. The van der Waals surface area contributed by atoms with E-state index in [1.165, 1.54) is 5.56 Å². The minimum absolute atomic E-state index is 0.362. The number of rotatable bonds is 3. The van der Waals surface area contributed by atoms with E-state index in [2.05, 4.69) is 28.5 Å². The third-order valence-electron chi connectivity index (χ3n) is 2.08. The fourth-order valence-electron chi connectivity index (χ4n) is 1.31. The maximum atomic E-state index is 6.05. The topological polar surface area (TPSA) is 12.0 Å². The van der Waals surface area contributed by atoms with Crippen molar-refractivity contribution < 1.29 is 0 Å². The van der Waals surface area contributed by atoms with E-state index >= 15 is 0 Å². The number of halogens is 1. The van der Waals surface area contributed by atoms with Gasteiger partial charge in [0.1, 0.15) is 0 Å². The normalized spacial score (nSPS) is 12.6. The molecular weight excluding hydrogens is 198 g/mol. The molecule has 1 aromatic rings. The van der Waals surface area contributed by atoms with Crippen LogP contribution in [0.3, 0.4) is 0 Å². The Hall–Kier alpha value is -0.473. The summed E-state index contributed by atoms with van der Waals surface area (Å²) >= 11 is 6.05. The molecule has 13 heavy (non-hydrogen) atoms. The lowest BCUT2D eigenvalue weighted by molar-refractivity contribution is 0.883. The zero-order valence-electron chi connectivity index (χ0n) is 7.89. The summed E-state index contributed by atoms with van der Waals surface area (Å²) in [4.78, 5) is 0. The van der Waals surface area contributed by atoms with E-state index in [0.717, 1.165) is 17.1 Å². The van der Waals surface area contributed by atoms with Gasteiger partial charge in [0.2, 0.25) is 0 Å². The molecule has 0 spiro atoms. The molecule has 1 rings (SSSR count). The predicted molar refractivity (Wildman–Crippen MR) is 59.8 cm³/mol. The lowest BCUT2D eigenvalue weighted by Crippen LogP contribution is -2.02. The molecule has 0 aromatic heterocycles. The summed E-state index contributed by atoms with van der Waals surface area (Å²) < 4.78 is 0.